The highest BCUT2D eigenvalue weighted by atomic mass is 16.5. The van der Waals surface area contributed by atoms with Crippen molar-refractivity contribution in [1.29, 1.82) is 0 Å². The Kier molecular flexibility index (Phi) is 3.97. The molecule has 2 rings (SSSR count). The Morgan fingerprint density at radius 1 is 1.47 bits per heavy atom. The average Bonchev–Trinajstić information content (AvgIpc) is 2.37. The van der Waals surface area contributed by atoms with Crippen LogP contribution in [0.3, 0.4) is 0 Å². The molecule has 0 saturated carbocycles. The Bertz CT molecular complexity index is 509. The first-order valence-electron chi connectivity index (χ1n) is 6.20. The van der Waals surface area contributed by atoms with E-state index >= 15 is 0 Å². The zero-order valence-corrected chi connectivity index (χ0v) is 11.1. The van der Waals surface area contributed by atoms with Crippen LogP contribution in [-0.4, -0.2) is 28.8 Å². The number of hydrogen-bond donors (Lipinski definition) is 2. The van der Waals surface area contributed by atoms with Gasteiger partial charge in [0.2, 0.25) is 0 Å². The van der Waals surface area contributed by atoms with Crippen molar-refractivity contribution in [3.05, 3.63) is 29.8 Å². The summed E-state index contributed by atoms with van der Waals surface area (Å²) in [5, 5.41) is 13.1. The molecule has 1 aromatic carbocycles. The fourth-order valence-corrected chi connectivity index (χ4v) is 1.85. The van der Waals surface area contributed by atoms with Gasteiger partial charge in [0.05, 0.1) is 24.5 Å². The van der Waals surface area contributed by atoms with Crippen molar-refractivity contribution in [2.24, 2.45) is 5.10 Å². The summed E-state index contributed by atoms with van der Waals surface area (Å²) in [7, 11) is 0. The molecule has 0 unspecified atom stereocenters. The van der Waals surface area contributed by atoms with Gasteiger partial charge in [0.15, 0.2) is 5.78 Å². The molecule has 102 valence electrons. The quantitative estimate of drug-likeness (QED) is 0.814. The van der Waals surface area contributed by atoms with Crippen molar-refractivity contribution in [3.8, 4) is 0 Å². The van der Waals surface area contributed by atoms with E-state index in [9.17, 15) is 4.79 Å². The van der Waals surface area contributed by atoms with Crippen molar-refractivity contribution in [2.75, 3.05) is 12.0 Å². The second-order valence-corrected chi connectivity index (χ2v) is 5.18. The molecule has 0 spiro atoms. The molecule has 0 bridgehead atoms. The SMILES string of the molecule is CC1(C)CC(=O)/C(=N/Nc2cccc(CO)c2)CO1. The molecule has 1 heterocycles. The zero-order chi connectivity index (χ0) is 13.9. The van der Waals surface area contributed by atoms with Gasteiger partial charge in [-0.1, -0.05) is 12.1 Å². The van der Waals surface area contributed by atoms with Crippen LogP contribution in [0, 0.1) is 0 Å². The molecule has 0 amide bonds. The summed E-state index contributed by atoms with van der Waals surface area (Å²) in [6, 6.07) is 7.23. The van der Waals surface area contributed by atoms with Crippen LogP contribution in [0.15, 0.2) is 29.4 Å². The topological polar surface area (TPSA) is 70.9 Å². The Morgan fingerprint density at radius 3 is 2.95 bits per heavy atom. The van der Waals surface area contributed by atoms with E-state index in [0.717, 1.165) is 11.3 Å². The monoisotopic (exact) mass is 262 g/mol. The number of anilines is 1. The van der Waals surface area contributed by atoms with E-state index in [-0.39, 0.29) is 19.0 Å². The standard InChI is InChI=1S/C14H18N2O3/c1-14(2)7-13(18)12(9-19-14)16-15-11-5-3-4-10(6-11)8-17/h3-6,15,17H,7-9H2,1-2H3/b16-12+. The van der Waals surface area contributed by atoms with Crippen LogP contribution in [0.4, 0.5) is 5.69 Å². The van der Waals surface area contributed by atoms with Crippen LogP contribution >= 0.6 is 0 Å². The number of Topliss-reactive ketones (excluding diaryl/α,β-unsaturated/α-hetero) is 1. The van der Waals surface area contributed by atoms with Gasteiger partial charge in [0, 0.05) is 6.42 Å². The molecule has 1 fully saturated rings. The van der Waals surface area contributed by atoms with Crippen LogP contribution in [0.1, 0.15) is 25.8 Å². The number of rotatable bonds is 3. The largest absolute Gasteiger partial charge is 0.392 e. The lowest BCUT2D eigenvalue weighted by molar-refractivity contribution is -0.122. The van der Waals surface area contributed by atoms with Crippen LogP contribution in [0.25, 0.3) is 0 Å². The van der Waals surface area contributed by atoms with Crippen molar-refractivity contribution in [2.45, 2.75) is 32.5 Å². The highest BCUT2D eigenvalue weighted by Crippen LogP contribution is 2.20. The van der Waals surface area contributed by atoms with Crippen LogP contribution in [0.5, 0.6) is 0 Å². The number of hydrogen-bond acceptors (Lipinski definition) is 5. The van der Waals surface area contributed by atoms with Crippen molar-refractivity contribution < 1.29 is 14.6 Å². The van der Waals surface area contributed by atoms with Crippen molar-refractivity contribution in [1.82, 2.24) is 0 Å². The minimum Gasteiger partial charge on any atom is -0.392 e. The number of aliphatic hydroxyl groups is 1. The maximum Gasteiger partial charge on any atom is 0.184 e. The number of carbonyl (C=O) groups excluding carboxylic acids is 1. The minimum atomic E-state index is -0.410. The van der Waals surface area contributed by atoms with Gasteiger partial charge in [-0.3, -0.25) is 10.2 Å². The summed E-state index contributed by atoms with van der Waals surface area (Å²) in [6.45, 7) is 3.97. The molecule has 0 aromatic heterocycles. The number of carbonyl (C=O) groups is 1. The van der Waals surface area contributed by atoms with E-state index in [1.165, 1.54) is 0 Å². The molecule has 5 nitrogen and oxygen atoms in total. The molecular formula is C14H18N2O3. The second kappa shape index (κ2) is 5.50. The van der Waals surface area contributed by atoms with Crippen molar-refractivity contribution >= 4 is 17.2 Å². The number of nitrogens with zero attached hydrogens (tertiary/aromatic N) is 1. The first kappa shape index (κ1) is 13.7. The van der Waals surface area contributed by atoms with E-state index < -0.39 is 5.60 Å². The maximum atomic E-state index is 11.9. The zero-order valence-electron chi connectivity index (χ0n) is 11.1. The number of benzene rings is 1. The minimum absolute atomic E-state index is 0.00191. The molecule has 5 heteroatoms. The van der Waals surface area contributed by atoms with Crippen LogP contribution in [0.2, 0.25) is 0 Å². The molecule has 0 radical (unpaired) electrons. The van der Waals surface area contributed by atoms with Gasteiger partial charge in [0.25, 0.3) is 0 Å². The molecule has 1 aliphatic heterocycles. The number of ketones is 1. The van der Waals surface area contributed by atoms with Gasteiger partial charge in [0.1, 0.15) is 5.71 Å². The van der Waals surface area contributed by atoms with Gasteiger partial charge in [-0.05, 0) is 31.5 Å². The van der Waals surface area contributed by atoms with E-state index in [4.69, 9.17) is 9.84 Å². The fraction of sp³-hybridized carbons (Fsp3) is 0.429. The van der Waals surface area contributed by atoms with Gasteiger partial charge in [-0.15, -0.1) is 0 Å². The molecule has 1 saturated heterocycles. The molecule has 2 N–H and O–H groups in total. The molecular weight excluding hydrogens is 244 g/mol. The summed E-state index contributed by atoms with van der Waals surface area (Å²) < 4.78 is 5.55. The Morgan fingerprint density at radius 2 is 2.26 bits per heavy atom. The maximum absolute atomic E-state index is 11.9. The highest BCUT2D eigenvalue weighted by Gasteiger charge is 2.31. The first-order valence-corrected chi connectivity index (χ1v) is 6.20. The summed E-state index contributed by atoms with van der Waals surface area (Å²) in [4.78, 5) is 11.9. The van der Waals surface area contributed by atoms with Gasteiger partial charge in [-0.2, -0.15) is 5.10 Å². The highest BCUT2D eigenvalue weighted by molar-refractivity contribution is 6.41. The van der Waals surface area contributed by atoms with Gasteiger partial charge < -0.3 is 9.84 Å². The Hall–Kier alpha value is -1.72. The lowest BCUT2D eigenvalue weighted by Gasteiger charge is -2.29. The number of aliphatic hydroxyl groups excluding tert-OH is 1. The molecule has 0 atom stereocenters. The Labute approximate surface area is 112 Å². The predicted molar refractivity (Wildman–Crippen MR) is 73.1 cm³/mol. The number of ether oxygens (including phenoxy) is 1. The number of nitrogens with one attached hydrogen (secondary N) is 1. The summed E-state index contributed by atoms with van der Waals surface area (Å²) >= 11 is 0. The summed E-state index contributed by atoms with van der Waals surface area (Å²) in [5.74, 6) is 0.00191. The fourth-order valence-electron chi connectivity index (χ4n) is 1.85. The third-order valence-electron chi connectivity index (χ3n) is 2.94. The Balaban J connectivity index is 2.04. The third-order valence-corrected chi connectivity index (χ3v) is 2.94. The average molecular weight is 262 g/mol. The predicted octanol–water partition coefficient (Wildman–Crippen LogP) is 1.71. The van der Waals surface area contributed by atoms with Crippen LogP contribution < -0.4 is 5.43 Å². The van der Waals surface area contributed by atoms with Crippen molar-refractivity contribution in [3.63, 3.8) is 0 Å². The third kappa shape index (κ3) is 3.62. The summed E-state index contributed by atoms with van der Waals surface area (Å²) in [6.07, 6.45) is 0.337. The molecule has 19 heavy (non-hydrogen) atoms. The lowest BCUT2D eigenvalue weighted by Crippen LogP contribution is -2.40. The molecule has 1 aliphatic rings. The smallest absolute Gasteiger partial charge is 0.184 e. The van der Waals surface area contributed by atoms with E-state index in [1.807, 2.05) is 32.0 Å². The van der Waals surface area contributed by atoms with E-state index in [1.54, 1.807) is 6.07 Å². The van der Waals surface area contributed by atoms with E-state index in [2.05, 4.69) is 10.5 Å². The second-order valence-electron chi connectivity index (χ2n) is 5.18. The van der Waals surface area contributed by atoms with Gasteiger partial charge >= 0.3 is 0 Å². The normalized spacial score (nSPS) is 20.6. The van der Waals surface area contributed by atoms with E-state index in [0.29, 0.717) is 12.1 Å². The van der Waals surface area contributed by atoms with Crippen LogP contribution in [-0.2, 0) is 16.1 Å². The lowest BCUT2D eigenvalue weighted by atomic mass is 9.96. The molecule has 1 aromatic rings. The first-order chi connectivity index (χ1) is 9.00. The number of hydrazone groups is 1. The summed E-state index contributed by atoms with van der Waals surface area (Å²) in [5.41, 5.74) is 4.33. The van der Waals surface area contributed by atoms with Gasteiger partial charge in [-0.25, -0.2) is 0 Å². The molecule has 0 aliphatic carbocycles.